The van der Waals surface area contributed by atoms with Crippen molar-refractivity contribution in [1.82, 2.24) is 10.2 Å². The largest absolute Gasteiger partial charge is 0.371 e. The summed E-state index contributed by atoms with van der Waals surface area (Å²) < 4.78 is 5.81. The number of morpholine rings is 1. The molecule has 1 aromatic carbocycles. The van der Waals surface area contributed by atoms with E-state index in [9.17, 15) is 10.1 Å². The lowest BCUT2D eigenvalue weighted by atomic mass is 9.90. The molecule has 0 spiro atoms. The fourth-order valence-corrected chi connectivity index (χ4v) is 2.86. The van der Waals surface area contributed by atoms with Crippen molar-refractivity contribution < 1.29 is 9.53 Å². The third-order valence-corrected chi connectivity index (χ3v) is 4.90. The van der Waals surface area contributed by atoms with Gasteiger partial charge in [-0.2, -0.15) is 5.26 Å². The summed E-state index contributed by atoms with van der Waals surface area (Å²) in [6.07, 6.45) is -0.146. The number of halogens is 1. The van der Waals surface area contributed by atoms with Gasteiger partial charge >= 0.3 is 0 Å². The minimum absolute atomic E-state index is 0.0343. The fraction of sp³-hybridized carbons (Fsp3) is 0.556. The number of hydrogen-bond acceptors (Lipinski definition) is 4. The Morgan fingerprint density at radius 1 is 1.54 bits per heavy atom. The first-order chi connectivity index (χ1) is 11.4. The molecule has 1 heterocycles. The molecule has 5 nitrogen and oxygen atoms in total. The van der Waals surface area contributed by atoms with Gasteiger partial charge in [0.15, 0.2) is 0 Å². The van der Waals surface area contributed by atoms with E-state index in [-0.39, 0.29) is 24.5 Å². The molecule has 2 rings (SSSR count). The van der Waals surface area contributed by atoms with Gasteiger partial charge in [-0.1, -0.05) is 43.6 Å². The Balaban J connectivity index is 1.97. The van der Waals surface area contributed by atoms with Crippen LogP contribution in [-0.4, -0.2) is 42.6 Å². The van der Waals surface area contributed by atoms with Crippen molar-refractivity contribution >= 4 is 17.5 Å². The van der Waals surface area contributed by atoms with Crippen LogP contribution in [0.5, 0.6) is 0 Å². The minimum atomic E-state index is -0.856. The van der Waals surface area contributed by atoms with E-state index >= 15 is 0 Å². The van der Waals surface area contributed by atoms with Gasteiger partial charge in [0.05, 0.1) is 25.3 Å². The van der Waals surface area contributed by atoms with Crippen molar-refractivity contribution in [1.29, 1.82) is 5.26 Å². The molecule has 130 valence electrons. The number of carbonyl (C=O) groups is 1. The smallest absolute Gasteiger partial charge is 0.235 e. The van der Waals surface area contributed by atoms with Crippen LogP contribution in [0.2, 0.25) is 5.02 Å². The first-order valence-electron chi connectivity index (χ1n) is 8.16. The number of ether oxygens (including phenoxy) is 1. The van der Waals surface area contributed by atoms with E-state index < -0.39 is 5.54 Å². The van der Waals surface area contributed by atoms with Crippen LogP contribution in [0.4, 0.5) is 0 Å². The van der Waals surface area contributed by atoms with E-state index in [0.717, 1.165) is 5.56 Å². The third kappa shape index (κ3) is 4.47. The maximum Gasteiger partial charge on any atom is 0.235 e. The zero-order valence-corrected chi connectivity index (χ0v) is 15.1. The molecular weight excluding hydrogens is 326 g/mol. The number of carbonyl (C=O) groups excluding carboxylic acids is 1. The van der Waals surface area contributed by atoms with Crippen LogP contribution in [0.3, 0.4) is 0 Å². The number of nitrogens with one attached hydrogen (secondary N) is 1. The van der Waals surface area contributed by atoms with Crippen molar-refractivity contribution in [3.63, 3.8) is 0 Å². The van der Waals surface area contributed by atoms with Crippen LogP contribution < -0.4 is 5.32 Å². The van der Waals surface area contributed by atoms with Crippen molar-refractivity contribution in [3.05, 3.63) is 34.9 Å². The Morgan fingerprint density at radius 2 is 2.25 bits per heavy atom. The van der Waals surface area contributed by atoms with Gasteiger partial charge in [-0.25, -0.2) is 0 Å². The molecule has 1 fully saturated rings. The summed E-state index contributed by atoms with van der Waals surface area (Å²) in [5, 5.41) is 12.8. The lowest BCUT2D eigenvalue weighted by Crippen LogP contribution is -2.53. The van der Waals surface area contributed by atoms with E-state index in [2.05, 4.69) is 11.4 Å². The number of rotatable bonds is 5. The van der Waals surface area contributed by atoms with Gasteiger partial charge in [-0.3, -0.25) is 9.69 Å². The molecule has 0 radical (unpaired) electrons. The molecule has 0 bridgehead atoms. The number of hydrogen-bond donors (Lipinski definition) is 1. The maximum atomic E-state index is 12.3. The molecule has 1 amide bonds. The number of amides is 1. The zero-order chi connectivity index (χ0) is 17.7. The zero-order valence-electron chi connectivity index (χ0n) is 14.4. The lowest BCUT2D eigenvalue weighted by Gasteiger charge is -2.34. The highest BCUT2D eigenvalue weighted by Gasteiger charge is 2.31. The number of nitriles is 1. The summed E-state index contributed by atoms with van der Waals surface area (Å²) in [7, 11) is 0. The van der Waals surface area contributed by atoms with Gasteiger partial charge in [0.25, 0.3) is 0 Å². The summed E-state index contributed by atoms with van der Waals surface area (Å²) in [6, 6.07) is 9.79. The summed E-state index contributed by atoms with van der Waals surface area (Å²) in [5.74, 6) is -0.112. The Kier molecular flexibility index (Phi) is 6.22. The molecule has 1 saturated heterocycles. The Labute approximate surface area is 148 Å². The Morgan fingerprint density at radius 3 is 2.88 bits per heavy atom. The standard InChI is InChI=1S/C18H24ClN3O2/c1-13(2)18(3,12-20)21-17(23)11-22-8-9-24-16(10-22)14-6-4-5-7-15(14)19/h4-7,13,16H,8-11H2,1-3H3,(H,21,23)/t16-,18+/m1/s1. The van der Waals surface area contributed by atoms with Gasteiger partial charge in [-0.15, -0.1) is 0 Å². The van der Waals surface area contributed by atoms with E-state index in [1.165, 1.54) is 0 Å². The second kappa shape index (κ2) is 7.98. The predicted octanol–water partition coefficient (Wildman–Crippen LogP) is 2.77. The van der Waals surface area contributed by atoms with Crippen molar-refractivity contribution in [2.45, 2.75) is 32.4 Å². The minimum Gasteiger partial charge on any atom is -0.371 e. The van der Waals surface area contributed by atoms with Crippen LogP contribution in [-0.2, 0) is 9.53 Å². The molecule has 6 heteroatoms. The molecule has 1 aromatic rings. The molecule has 2 atom stereocenters. The van der Waals surface area contributed by atoms with Crippen LogP contribution in [0.25, 0.3) is 0 Å². The molecule has 0 aliphatic carbocycles. The molecule has 0 saturated carbocycles. The molecule has 0 unspecified atom stereocenters. The van der Waals surface area contributed by atoms with Crippen LogP contribution in [0.15, 0.2) is 24.3 Å². The summed E-state index contributed by atoms with van der Waals surface area (Å²) in [6.45, 7) is 7.66. The highest BCUT2D eigenvalue weighted by Crippen LogP contribution is 2.28. The number of nitrogens with zero attached hydrogens (tertiary/aromatic N) is 2. The van der Waals surface area contributed by atoms with Gasteiger partial charge in [0.2, 0.25) is 5.91 Å². The first-order valence-corrected chi connectivity index (χ1v) is 8.54. The van der Waals surface area contributed by atoms with E-state index in [1.54, 1.807) is 6.92 Å². The van der Waals surface area contributed by atoms with Gasteiger partial charge in [0.1, 0.15) is 5.54 Å². The molecule has 1 aliphatic rings. The van der Waals surface area contributed by atoms with Gasteiger partial charge < -0.3 is 10.1 Å². The van der Waals surface area contributed by atoms with Gasteiger partial charge in [0, 0.05) is 23.7 Å². The summed E-state index contributed by atoms with van der Waals surface area (Å²) in [4.78, 5) is 14.4. The molecule has 1 aliphatic heterocycles. The Bertz CT molecular complexity index is 629. The van der Waals surface area contributed by atoms with Crippen molar-refractivity contribution in [3.8, 4) is 6.07 Å². The van der Waals surface area contributed by atoms with E-state index in [1.807, 2.05) is 43.0 Å². The monoisotopic (exact) mass is 349 g/mol. The van der Waals surface area contributed by atoms with Crippen LogP contribution >= 0.6 is 11.6 Å². The second-order valence-corrected chi connectivity index (χ2v) is 7.04. The molecule has 24 heavy (non-hydrogen) atoms. The lowest BCUT2D eigenvalue weighted by molar-refractivity contribution is -0.126. The quantitative estimate of drug-likeness (QED) is 0.887. The third-order valence-electron chi connectivity index (χ3n) is 4.56. The van der Waals surface area contributed by atoms with Crippen molar-refractivity contribution in [2.75, 3.05) is 26.2 Å². The molecular formula is C18H24ClN3O2. The predicted molar refractivity (Wildman–Crippen MR) is 93.6 cm³/mol. The van der Waals surface area contributed by atoms with Crippen LogP contribution in [0, 0.1) is 17.2 Å². The topological polar surface area (TPSA) is 65.4 Å². The summed E-state index contributed by atoms with van der Waals surface area (Å²) in [5.41, 5.74) is 0.0826. The second-order valence-electron chi connectivity index (χ2n) is 6.63. The SMILES string of the molecule is CC(C)[C@](C)(C#N)NC(=O)CN1CCO[C@@H](c2ccccc2Cl)C1. The first kappa shape index (κ1) is 18.7. The summed E-state index contributed by atoms with van der Waals surface area (Å²) >= 11 is 6.24. The molecule has 0 aromatic heterocycles. The van der Waals surface area contributed by atoms with E-state index in [4.69, 9.17) is 16.3 Å². The molecule has 1 N–H and O–H groups in total. The van der Waals surface area contributed by atoms with Crippen molar-refractivity contribution in [2.24, 2.45) is 5.92 Å². The van der Waals surface area contributed by atoms with Crippen LogP contribution in [0.1, 0.15) is 32.4 Å². The number of benzene rings is 1. The fourth-order valence-electron chi connectivity index (χ4n) is 2.60. The maximum absolute atomic E-state index is 12.3. The Hall–Kier alpha value is -1.61. The average molecular weight is 350 g/mol. The normalized spacial score (nSPS) is 21.1. The highest BCUT2D eigenvalue weighted by atomic mass is 35.5. The van der Waals surface area contributed by atoms with Gasteiger partial charge in [-0.05, 0) is 18.9 Å². The van der Waals surface area contributed by atoms with E-state index in [0.29, 0.717) is 24.7 Å². The average Bonchev–Trinajstić information content (AvgIpc) is 2.55. The highest BCUT2D eigenvalue weighted by molar-refractivity contribution is 6.31.